The molecule has 1 amide bonds. The van der Waals surface area contributed by atoms with Gasteiger partial charge in [0, 0.05) is 16.6 Å². The molecule has 112 valence electrons. The molecule has 0 heterocycles. The number of amides is 1. The number of anilines is 1. The number of carbonyl (C=O) groups is 1. The van der Waals surface area contributed by atoms with E-state index in [1.165, 1.54) is 30.6 Å². The van der Waals surface area contributed by atoms with Crippen LogP contribution in [0.4, 0.5) is 5.69 Å². The van der Waals surface area contributed by atoms with Crippen molar-refractivity contribution in [2.75, 3.05) is 11.9 Å². The summed E-state index contributed by atoms with van der Waals surface area (Å²) in [6.45, 7) is 0.561. The number of carbonyl (C=O) groups excluding carboxylic acids is 1. The molecule has 1 aliphatic carbocycles. The summed E-state index contributed by atoms with van der Waals surface area (Å²) < 4.78 is 0. The zero-order chi connectivity index (χ0) is 13.5. The van der Waals surface area contributed by atoms with E-state index in [1.807, 2.05) is 30.0 Å². The summed E-state index contributed by atoms with van der Waals surface area (Å²) in [4.78, 5) is 13.0. The number of nitrogens with two attached hydrogens (primary N) is 1. The van der Waals surface area contributed by atoms with Gasteiger partial charge in [0.1, 0.15) is 0 Å². The predicted molar refractivity (Wildman–Crippen MR) is 88.7 cm³/mol. The molecular formula is C15H23ClN2OS. The van der Waals surface area contributed by atoms with E-state index in [1.54, 1.807) is 0 Å². The van der Waals surface area contributed by atoms with Crippen molar-refractivity contribution in [1.82, 2.24) is 0 Å². The van der Waals surface area contributed by atoms with Gasteiger partial charge in [0.25, 0.3) is 0 Å². The molecule has 0 bridgehead atoms. The molecule has 0 aliphatic heterocycles. The second-order valence-electron chi connectivity index (χ2n) is 4.96. The molecule has 1 aromatic carbocycles. The highest BCUT2D eigenvalue weighted by Gasteiger charge is 2.17. The van der Waals surface area contributed by atoms with Gasteiger partial charge in [-0.05, 0) is 37.9 Å². The molecule has 2 rings (SSSR count). The summed E-state index contributed by atoms with van der Waals surface area (Å²) in [5.41, 5.74) is 6.37. The Balaban J connectivity index is 0.00000200. The average molecular weight is 315 g/mol. The van der Waals surface area contributed by atoms with Gasteiger partial charge in [0.05, 0.1) is 5.69 Å². The Morgan fingerprint density at radius 3 is 2.70 bits per heavy atom. The van der Waals surface area contributed by atoms with Crippen molar-refractivity contribution < 1.29 is 4.79 Å². The molecule has 1 saturated carbocycles. The maximum absolute atomic E-state index is 11.8. The van der Waals surface area contributed by atoms with Gasteiger partial charge in [-0.2, -0.15) is 0 Å². The number of para-hydroxylation sites is 1. The molecule has 3 nitrogen and oxygen atoms in total. The fraction of sp³-hybridized carbons (Fsp3) is 0.533. The van der Waals surface area contributed by atoms with E-state index in [-0.39, 0.29) is 18.3 Å². The third kappa shape index (κ3) is 5.35. The lowest BCUT2D eigenvalue weighted by Crippen LogP contribution is -2.14. The van der Waals surface area contributed by atoms with E-state index in [9.17, 15) is 4.79 Å². The van der Waals surface area contributed by atoms with Gasteiger partial charge in [-0.1, -0.05) is 25.0 Å². The highest BCUT2D eigenvalue weighted by atomic mass is 35.5. The number of nitrogens with one attached hydrogen (secondary N) is 1. The van der Waals surface area contributed by atoms with Crippen LogP contribution in [0.5, 0.6) is 0 Å². The van der Waals surface area contributed by atoms with Crippen LogP contribution in [-0.2, 0) is 4.79 Å². The van der Waals surface area contributed by atoms with Gasteiger partial charge in [-0.15, -0.1) is 24.2 Å². The lowest BCUT2D eigenvalue weighted by molar-refractivity contribution is -0.116. The summed E-state index contributed by atoms with van der Waals surface area (Å²) >= 11 is 1.90. The fourth-order valence-electron chi connectivity index (χ4n) is 2.33. The van der Waals surface area contributed by atoms with Crippen LogP contribution in [0.25, 0.3) is 0 Å². The van der Waals surface area contributed by atoms with Crippen molar-refractivity contribution in [2.24, 2.45) is 5.73 Å². The number of thioether (sulfide) groups is 1. The van der Waals surface area contributed by atoms with Crippen molar-refractivity contribution in [1.29, 1.82) is 0 Å². The Morgan fingerprint density at radius 1 is 1.30 bits per heavy atom. The average Bonchev–Trinajstić information content (AvgIpc) is 2.91. The minimum absolute atomic E-state index is 0. The van der Waals surface area contributed by atoms with Gasteiger partial charge in [-0.3, -0.25) is 4.79 Å². The Kier molecular flexibility index (Phi) is 8.04. The van der Waals surface area contributed by atoms with Crippen LogP contribution in [0.15, 0.2) is 29.2 Å². The van der Waals surface area contributed by atoms with Crippen LogP contribution in [0.2, 0.25) is 0 Å². The van der Waals surface area contributed by atoms with Crippen LogP contribution in [-0.4, -0.2) is 17.7 Å². The minimum Gasteiger partial charge on any atom is -0.330 e. The second-order valence-corrected chi connectivity index (χ2v) is 6.30. The van der Waals surface area contributed by atoms with E-state index < -0.39 is 0 Å². The molecule has 1 fully saturated rings. The molecular weight excluding hydrogens is 292 g/mol. The molecule has 0 radical (unpaired) electrons. The third-order valence-electron chi connectivity index (χ3n) is 3.36. The van der Waals surface area contributed by atoms with Crippen molar-refractivity contribution in [3.05, 3.63) is 24.3 Å². The van der Waals surface area contributed by atoms with Gasteiger partial charge >= 0.3 is 0 Å². The topological polar surface area (TPSA) is 55.1 Å². The Bertz CT molecular complexity index is 422. The highest BCUT2D eigenvalue weighted by Crippen LogP contribution is 2.37. The lowest BCUT2D eigenvalue weighted by atomic mass is 10.2. The van der Waals surface area contributed by atoms with Crippen LogP contribution in [0.1, 0.15) is 38.5 Å². The van der Waals surface area contributed by atoms with E-state index >= 15 is 0 Å². The first-order valence-electron chi connectivity index (χ1n) is 7.05. The lowest BCUT2D eigenvalue weighted by Gasteiger charge is -2.14. The molecule has 20 heavy (non-hydrogen) atoms. The maximum Gasteiger partial charge on any atom is 0.224 e. The van der Waals surface area contributed by atoms with E-state index in [0.29, 0.717) is 18.2 Å². The van der Waals surface area contributed by atoms with E-state index in [2.05, 4.69) is 11.4 Å². The third-order valence-corrected chi connectivity index (χ3v) is 4.78. The van der Waals surface area contributed by atoms with E-state index in [0.717, 1.165) is 12.1 Å². The molecule has 1 aliphatic rings. The summed E-state index contributed by atoms with van der Waals surface area (Å²) in [7, 11) is 0. The number of hydrogen-bond donors (Lipinski definition) is 2. The first-order chi connectivity index (χ1) is 9.29. The summed E-state index contributed by atoms with van der Waals surface area (Å²) in [5.74, 6) is 0.0601. The van der Waals surface area contributed by atoms with Crippen LogP contribution in [0, 0.1) is 0 Å². The highest BCUT2D eigenvalue weighted by molar-refractivity contribution is 8.00. The summed E-state index contributed by atoms with van der Waals surface area (Å²) in [5, 5.41) is 3.71. The monoisotopic (exact) mass is 314 g/mol. The Morgan fingerprint density at radius 2 is 2.00 bits per heavy atom. The first kappa shape index (κ1) is 17.3. The number of rotatable bonds is 6. The van der Waals surface area contributed by atoms with Gasteiger partial charge < -0.3 is 11.1 Å². The van der Waals surface area contributed by atoms with Gasteiger partial charge in [0.2, 0.25) is 5.91 Å². The molecule has 0 unspecified atom stereocenters. The van der Waals surface area contributed by atoms with Crippen molar-refractivity contribution >= 4 is 35.8 Å². The molecule has 0 spiro atoms. The largest absolute Gasteiger partial charge is 0.330 e. The maximum atomic E-state index is 11.8. The predicted octanol–water partition coefficient (Wildman–Crippen LogP) is 3.82. The normalized spacial score (nSPS) is 14.8. The molecule has 5 heteroatoms. The van der Waals surface area contributed by atoms with Gasteiger partial charge in [-0.25, -0.2) is 0 Å². The fourth-order valence-corrected chi connectivity index (χ4v) is 3.67. The zero-order valence-electron chi connectivity index (χ0n) is 11.6. The number of hydrogen-bond acceptors (Lipinski definition) is 3. The standard InChI is InChI=1S/C15H22N2OS.ClH/c16-11-5-10-15(18)17-13-8-3-4-9-14(13)19-12-6-1-2-7-12;/h3-4,8-9,12H,1-2,5-7,10-11,16H2,(H,17,18);1H. The van der Waals surface area contributed by atoms with Crippen molar-refractivity contribution in [3.63, 3.8) is 0 Å². The number of benzene rings is 1. The van der Waals surface area contributed by atoms with Crippen LogP contribution < -0.4 is 11.1 Å². The van der Waals surface area contributed by atoms with Crippen LogP contribution >= 0.6 is 24.2 Å². The minimum atomic E-state index is 0. The molecule has 3 N–H and O–H groups in total. The molecule has 0 aromatic heterocycles. The second kappa shape index (κ2) is 9.27. The Labute approximate surface area is 131 Å². The van der Waals surface area contributed by atoms with E-state index in [4.69, 9.17) is 5.73 Å². The van der Waals surface area contributed by atoms with Crippen LogP contribution in [0.3, 0.4) is 0 Å². The summed E-state index contributed by atoms with van der Waals surface area (Å²) in [6, 6.07) is 8.09. The molecule has 0 saturated heterocycles. The number of halogens is 1. The Hall–Kier alpha value is -0.710. The first-order valence-corrected chi connectivity index (χ1v) is 7.93. The molecule has 0 atom stereocenters. The zero-order valence-corrected chi connectivity index (χ0v) is 13.3. The SMILES string of the molecule is Cl.NCCCC(=O)Nc1ccccc1SC1CCCC1. The summed E-state index contributed by atoms with van der Waals surface area (Å²) in [6.07, 6.45) is 6.49. The smallest absolute Gasteiger partial charge is 0.224 e. The van der Waals surface area contributed by atoms with Crippen molar-refractivity contribution in [3.8, 4) is 0 Å². The molecule has 1 aromatic rings. The quantitative estimate of drug-likeness (QED) is 0.839. The van der Waals surface area contributed by atoms with Crippen molar-refractivity contribution in [2.45, 2.75) is 48.7 Å². The van der Waals surface area contributed by atoms with Gasteiger partial charge in [0.15, 0.2) is 0 Å².